The largest absolute Gasteiger partial charge is 0.397 e. The molecule has 0 saturated carbocycles. The van der Waals surface area contributed by atoms with E-state index in [2.05, 4.69) is 4.98 Å². The van der Waals surface area contributed by atoms with Crippen LogP contribution in [0.5, 0.6) is 0 Å². The van der Waals surface area contributed by atoms with Crippen LogP contribution in [0, 0.1) is 6.92 Å². The summed E-state index contributed by atoms with van der Waals surface area (Å²) in [5.41, 5.74) is 9.60. The van der Waals surface area contributed by atoms with Crippen molar-refractivity contribution in [1.82, 2.24) is 4.98 Å². The second kappa shape index (κ2) is 3.39. The van der Waals surface area contributed by atoms with E-state index < -0.39 is 0 Å². The number of H-pyrrole nitrogens is 1. The number of nitrogens with one attached hydrogen (secondary N) is 1. The smallest absolute Gasteiger partial charge is 0.0690 e. The number of hydrogen-bond donors (Lipinski definition) is 2. The van der Waals surface area contributed by atoms with Crippen LogP contribution in [0.3, 0.4) is 0 Å². The summed E-state index contributed by atoms with van der Waals surface area (Å²) in [6.07, 6.45) is 1.82. The van der Waals surface area contributed by atoms with Crippen LogP contribution in [0.15, 0.2) is 30.5 Å². The maximum absolute atomic E-state index is 6.03. The second-order valence-corrected chi connectivity index (χ2v) is 3.63. The minimum absolute atomic E-state index is 0.746. The number of rotatable bonds is 1. The van der Waals surface area contributed by atoms with Crippen LogP contribution >= 0.6 is 11.6 Å². The second-order valence-electron chi connectivity index (χ2n) is 3.22. The normalized spacial score (nSPS) is 10.4. The highest BCUT2D eigenvalue weighted by molar-refractivity contribution is 6.31. The number of anilines is 1. The van der Waals surface area contributed by atoms with Gasteiger partial charge in [0.1, 0.15) is 0 Å². The van der Waals surface area contributed by atoms with E-state index in [0.29, 0.717) is 0 Å². The Kier molecular flexibility index (Phi) is 2.22. The van der Waals surface area contributed by atoms with Gasteiger partial charge in [0.25, 0.3) is 0 Å². The zero-order valence-corrected chi connectivity index (χ0v) is 8.60. The average Bonchev–Trinajstić information content (AvgIpc) is 2.57. The molecule has 0 fully saturated rings. The summed E-state index contributed by atoms with van der Waals surface area (Å²) in [6.45, 7) is 1.98. The number of halogens is 1. The topological polar surface area (TPSA) is 41.8 Å². The zero-order valence-electron chi connectivity index (χ0n) is 7.84. The predicted octanol–water partition coefficient (Wildman–Crippen LogP) is 3.23. The van der Waals surface area contributed by atoms with Crippen LogP contribution in [0.2, 0.25) is 5.02 Å². The molecule has 3 heteroatoms. The molecule has 2 nitrogen and oxygen atoms in total. The number of aromatic amines is 1. The molecular formula is C11H11ClN2. The van der Waals surface area contributed by atoms with Crippen molar-refractivity contribution in [2.75, 3.05) is 5.73 Å². The van der Waals surface area contributed by atoms with Gasteiger partial charge in [-0.3, -0.25) is 0 Å². The van der Waals surface area contributed by atoms with Gasteiger partial charge in [-0.1, -0.05) is 23.7 Å². The fourth-order valence-electron chi connectivity index (χ4n) is 1.49. The standard InChI is InChI=1S/C11H11ClN2/c1-7-8(3-2-4-9(7)12)11-10(13)5-6-14-11/h2-6,14H,13H2,1H3. The summed E-state index contributed by atoms with van der Waals surface area (Å²) in [4.78, 5) is 3.11. The SMILES string of the molecule is Cc1c(Cl)cccc1-c1[nH]ccc1N. The van der Waals surface area contributed by atoms with Gasteiger partial charge in [-0.2, -0.15) is 0 Å². The summed E-state index contributed by atoms with van der Waals surface area (Å²) in [7, 11) is 0. The number of nitrogen functional groups attached to an aromatic ring is 1. The van der Waals surface area contributed by atoms with E-state index >= 15 is 0 Å². The highest BCUT2D eigenvalue weighted by Crippen LogP contribution is 2.30. The van der Waals surface area contributed by atoms with Crippen molar-refractivity contribution in [3.05, 3.63) is 41.0 Å². The lowest BCUT2D eigenvalue weighted by Gasteiger charge is -2.06. The lowest BCUT2D eigenvalue weighted by molar-refractivity contribution is 1.37. The molecule has 0 atom stereocenters. The summed E-state index contributed by atoms with van der Waals surface area (Å²) < 4.78 is 0. The molecule has 0 bridgehead atoms. The average molecular weight is 207 g/mol. The maximum Gasteiger partial charge on any atom is 0.0690 e. The van der Waals surface area contributed by atoms with E-state index in [4.69, 9.17) is 17.3 Å². The van der Waals surface area contributed by atoms with E-state index in [1.165, 1.54) is 0 Å². The first-order chi connectivity index (χ1) is 6.70. The molecule has 0 saturated heterocycles. The van der Waals surface area contributed by atoms with Gasteiger partial charge in [0.2, 0.25) is 0 Å². The Labute approximate surface area is 87.7 Å². The van der Waals surface area contributed by atoms with Crippen molar-refractivity contribution in [3.8, 4) is 11.3 Å². The Bertz CT molecular complexity index is 460. The summed E-state index contributed by atoms with van der Waals surface area (Å²) in [5, 5.41) is 0.761. The third kappa shape index (κ3) is 1.38. The quantitative estimate of drug-likeness (QED) is 0.739. The molecular weight excluding hydrogens is 196 g/mol. The highest BCUT2D eigenvalue weighted by Gasteiger charge is 2.07. The molecule has 2 rings (SSSR count). The minimum Gasteiger partial charge on any atom is -0.397 e. The van der Waals surface area contributed by atoms with Gasteiger partial charge in [-0.05, 0) is 24.6 Å². The lowest BCUT2D eigenvalue weighted by Crippen LogP contribution is -1.89. The Hall–Kier alpha value is -1.41. The first-order valence-electron chi connectivity index (χ1n) is 4.38. The fraction of sp³-hybridized carbons (Fsp3) is 0.0909. The number of nitrogens with two attached hydrogens (primary N) is 1. The van der Waals surface area contributed by atoms with E-state index in [-0.39, 0.29) is 0 Å². The summed E-state index contributed by atoms with van der Waals surface area (Å²) in [6, 6.07) is 7.64. The van der Waals surface area contributed by atoms with Gasteiger partial charge in [0.15, 0.2) is 0 Å². The Balaban J connectivity index is 2.63. The molecule has 1 heterocycles. The van der Waals surface area contributed by atoms with Gasteiger partial charge >= 0.3 is 0 Å². The fourth-order valence-corrected chi connectivity index (χ4v) is 1.67. The van der Waals surface area contributed by atoms with E-state index in [0.717, 1.165) is 27.5 Å². The molecule has 1 aromatic heterocycles. The van der Waals surface area contributed by atoms with Crippen LogP contribution in [0.25, 0.3) is 11.3 Å². The van der Waals surface area contributed by atoms with E-state index in [1.807, 2.05) is 37.4 Å². The maximum atomic E-state index is 6.03. The predicted molar refractivity (Wildman–Crippen MR) is 60.4 cm³/mol. The van der Waals surface area contributed by atoms with Crippen LogP contribution < -0.4 is 5.73 Å². The van der Waals surface area contributed by atoms with Gasteiger partial charge in [-0.15, -0.1) is 0 Å². The van der Waals surface area contributed by atoms with Gasteiger partial charge in [0, 0.05) is 16.8 Å². The van der Waals surface area contributed by atoms with Gasteiger partial charge in [0.05, 0.1) is 11.4 Å². The molecule has 72 valence electrons. The van der Waals surface area contributed by atoms with Crippen molar-refractivity contribution in [2.45, 2.75) is 6.92 Å². The van der Waals surface area contributed by atoms with Gasteiger partial charge < -0.3 is 10.7 Å². The summed E-state index contributed by atoms with van der Waals surface area (Å²) >= 11 is 6.03. The van der Waals surface area contributed by atoms with Gasteiger partial charge in [-0.25, -0.2) is 0 Å². The molecule has 0 aliphatic heterocycles. The van der Waals surface area contributed by atoms with Crippen molar-refractivity contribution in [1.29, 1.82) is 0 Å². The number of aromatic nitrogens is 1. The van der Waals surface area contributed by atoms with E-state index in [9.17, 15) is 0 Å². The first-order valence-corrected chi connectivity index (χ1v) is 4.76. The minimum atomic E-state index is 0.746. The van der Waals surface area contributed by atoms with Crippen molar-refractivity contribution >= 4 is 17.3 Å². The molecule has 2 aromatic rings. The first kappa shape index (κ1) is 9.16. The number of benzene rings is 1. The summed E-state index contributed by atoms with van der Waals surface area (Å²) in [5.74, 6) is 0. The number of hydrogen-bond acceptors (Lipinski definition) is 1. The molecule has 0 aliphatic rings. The van der Waals surface area contributed by atoms with Crippen LogP contribution in [0.1, 0.15) is 5.56 Å². The molecule has 3 N–H and O–H groups in total. The van der Waals surface area contributed by atoms with Crippen molar-refractivity contribution in [2.24, 2.45) is 0 Å². The third-order valence-electron chi connectivity index (χ3n) is 2.32. The van der Waals surface area contributed by atoms with E-state index in [1.54, 1.807) is 0 Å². The molecule has 0 amide bonds. The molecule has 1 aromatic carbocycles. The van der Waals surface area contributed by atoms with Crippen LogP contribution in [-0.2, 0) is 0 Å². The Morgan fingerprint density at radius 3 is 2.71 bits per heavy atom. The van der Waals surface area contributed by atoms with Crippen LogP contribution in [0.4, 0.5) is 5.69 Å². The monoisotopic (exact) mass is 206 g/mol. The molecule has 0 radical (unpaired) electrons. The van der Waals surface area contributed by atoms with Crippen LogP contribution in [-0.4, -0.2) is 4.98 Å². The van der Waals surface area contributed by atoms with Crippen molar-refractivity contribution in [3.63, 3.8) is 0 Å². The molecule has 14 heavy (non-hydrogen) atoms. The van der Waals surface area contributed by atoms with Crippen molar-refractivity contribution < 1.29 is 0 Å². The highest BCUT2D eigenvalue weighted by atomic mass is 35.5. The Morgan fingerprint density at radius 1 is 1.29 bits per heavy atom. The molecule has 0 unspecified atom stereocenters. The third-order valence-corrected chi connectivity index (χ3v) is 2.73. The molecule has 0 spiro atoms. The zero-order chi connectivity index (χ0) is 10.1. The Morgan fingerprint density at radius 2 is 2.07 bits per heavy atom. The molecule has 0 aliphatic carbocycles. The lowest BCUT2D eigenvalue weighted by atomic mass is 10.1.